The lowest BCUT2D eigenvalue weighted by Gasteiger charge is -2.07. The van der Waals surface area contributed by atoms with Gasteiger partial charge in [-0.1, -0.05) is 16.8 Å². The summed E-state index contributed by atoms with van der Waals surface area (Å²) in [6.07, 6.45) is 0. The number of anilines is 1. The summed E-state index contributed by atoms with van der Waals surface area (Å²) in [6, 6.07) is 12.7. The van der Waals surface area contributed by atoms with Gasteiger partial charge in [0.25, 0.3) is 5.91 Å². The Hall–Kier alpha value is -3.85. The van der Waals surface area contributed by atoms with Crippen molar-refractivity contribution in [2.24, 2.45) is 0 Å². The molecule has 2 aromatic carbocycles. The number of aromatic nitrogens is 2. The van der Waals surface area contributed by atoms with Crippen LogP contribution in [-0.2, 0) is 0 Å². The standard InChI is InChI=1S/C23H21N3O5S/c1-13-5-7-19(29-3)15(9-13)18-12-32-23(24-18)25-22(27)17-11-21(31-26-17)16-10-14(28-2)6-8-20(16)30-4/h5-12H,1-4H3,(H,24,25,27). The first-order valence-electron chi connectivity index (χ1n) is 9.63. The van der Waals surface area contributed by atoms with Gasteiger partial charge in [0, 0.05) is 17.0 Å². The number of nitrogens with zero attached hydrogens (tertiary/aromatic N) is 2. The molecule has 0 unspecified atom stereocenters. The van der Waals surface area contributed by atoms with Crippen LogP contribution in [0.25, 0.3) is 22.6 Å². The Labute approximate surface area is 188 Å². The van der Waals surface area contributed by atoms with Gasteiger partial charge < -0.3 is 18.7 Å². The van der Waals surface area contributed by atoms with Gasteiger partial charge in [0.1, 0.15) is 17.2 Å². The van der Waals surface area contributed by atoms with Crippen molar-refractivity contribution in [1.29, 1.82) is 0 Å². The van der Waals surface area contributed by atoms with Crippen LogP contribution < -0.4 is 19.5 Å². The minimum atomic E-state index is -0.432. The Morgan fingerprint density at radius 2 is 1.72 bits per heavy atom. The van der Waals surface area contributed by atoms with Gasteiger partial charge in [0.2, 0.25) is 0 Å². The van der Waals surface area contributed by atoms with Gasteiger partial charge in [0.15, 0.2) is 16.6 Å². The van der Waals surface area contributed by atoms with Crippen molar-refractivity contribution in [2.75, 3.05) is 26.6 Å². The van der Waals surface area contributed by atoms with E-state index in [-0.39, 0.29) is 5.69 Å². The molecular weight excluding hydrogens is 430 g/mol. The van der Waals surface area contributed by atoms with Gasteiger partial charge in [-0.15, -0.1) is 11.3 Å². The van der Waals surface area contributed by atoms with Crippen LogP contribution in [-0.4, -0.2) is 37.4 Å². The van der Waals surface area contributed by atoms with Crippen molar-refractivity contribution in [2.45, 2.75) is 6.92 Å². The topological polar surface area (TPSA) is 95.7 Å². The summed E-state index contributed by atoms with van der Waals surface area (Å²) in [7, 11) is 4.74. The van der Waals surface area contributed by atoms with Crippen molar-refractivity contribution >= 4 is 22.4 Å². The highest BCUT2D eigenvalue weighted by molar-refractivity contribution is 7.14. The van der Waals surface area contributed by atoms with Crippen LogP contribution in [0.3, 0.4) is 0 Å². The number of benzene rings is 2. The lowest BCUT2D eigenvalue weighted by molar-refractivity contribution is 0.101. The molecule has 32 heavy (non-hydrogen) atoms. The Morgan fingerprint density at radius 1 is 0.969 bits per heavy atom. The van der Waals surface area contributed by atoms with Crippen LogP contribution in [0.4, 0.5) is 5.13 Å². The van der Waals surface area contributed by atoms with E-state index in [0.29, 0.717) is 39.4 Å². The summed E-state index contributed by atoms with van der Waals surface area (Å²) in [6.45, 7) is 2.00. The number of aryl methyl sites for hydroxylation is 1. The number of carbonyl (C=O) groups excluding carboxylic acids is 1. The predicted molar refractivity (Wildman–Crippen MR) is 122 cm³/mol. The molecule has 4 rings (SSSR count). The van der Waals surface area contributed by atoms with Crippen molar-refractivity contribution < 1.29 is 23.5 Å². The molecule has 0 fully saturated rings. The molecule has 9 heteroatoms. The summed E-state index contributed by atoms with van der Waals surface area (Å²) in [5, 5.41) is 8.97. The fourth-order valence-corrected chi connectivity index (χ4v) is 3.86. The lowest BCUT2D eigenvalue weighted by Crippen LogP contribution is -2.11. The molecule has 0 aliphatic carbocycles. The Kier molecular flexibility index (Phi) is 6.09. The maximum atomic E-state index is 12.7. The zero-order valence-electron chi connectivity index (χ0n) is 18.0. The number of ether oxygens (including phenoxy) is 3. The maximum Gasteiger partial charge on any atom is 0.279 e. The first-order chi connectivity index (χ1) is 15.5. The first kappa shape index (κ1) is 21.4. The van der Waals surface area contributed by atoms with Crippen LogP contribution in [0.1, 0.15) is 16.1 Å². The number of carbonyl (C=O) groups is 1. The second-order valence-electron chi connectivity index (χ2n) is 6.84. The molecular formula is C23H21N3O5S. The molecule has 0 saturated carbocycles. The van der Waals surface area contributed by atoms with E-state index in [1.54, 1.807) is 45.6 Å². The fraction of sp³-hybridized carbons (Fsp3) is 0.174. The van der Waals surface area contributed by atoms with Gasteiger partial charge in [-0.25, -0.2) is 4.98 Å². The SMILES string of the molecule is COc1ccc(OC)c(-c2cc(C(=O)Nc3nc(-c4cc(C)ccc4OC)cs3)no2)c1. The van der Waals surface area contributed by atoms with Crippen LogP contribution in [0.2, 0.25) is 0 Å². The van der Waals surface area contributed by atoms with Crippen LogP contribution in [0, 0.1) is 6.92 Å². The first-order valence-corrected chi connectivity index (χ1v) is 10.5. The molecule has 4 aromatic rings. The number of rotatable bonds is 7. The summed E-state index contributed by atoms with van der Waals surface area (Å²) < 4.78 is 21.5. The average Bonchev–Trinajstić information content (AvgIpc) is 3.48. The Balaban J connectivity index is 1.55. The van der Waals surface area contributed by atoms with Gasteiger partial charge in [0.05, 0.1) is 32.6 Å². The molecule has 1 N–H and O–H groups in total. The zero-order valence-corrected chi connectivity index (χ0v) is 18.8. The normalized spacial score (nSPS) is 10.6. The van der Waals surface area contributed by atoms with E-state index in [1.807, 2.05) is 30.5 Å². The van der Waals surface area contributed by atoms with E-state index in [9.17, 15) is 4.79 Å². The van der Waals surface area contributed by atoms with E-state index < -0.39 is 5.91 Å². The maximum absolute atomic E-state index is 12.7. The van der Waals surface area contributed by atoms with Gasteiger partial charge >= 0.3 is 0 Å². The van der Waals surface area contributed by atoms with Crippen LogP contribution in [0.15, 0.2) is 52.4 Å². The number of methoxy groups -OCH3 is 3. The van der Waals surface area contributed by atoms with Gasteiger partial charge in [-0.2, -0.15) is 0 Å². The Morgan fingerprint density at radius 3 is 2.47 bits per heavy atom. The molecule has 2 heterocycles. The number of amides is 1. The van der Waals surface area contributed by atoms with E-state index in [1.165, 1.54) is 11.3 Å². The second-order valence-corrected chi connectivity index (χ2v) is 7.70. The number of nitrogens with one attached hydrogen (secondary N) is 1. The molecule has 0 atom stereocenters. The summed E-state index contributed by atoms with van der Waals surface area (Å²) >= 11 is 1.31. The van der Waals surface area contributed by atoms with Crippen LogP contribution in [0.5, 0.6) is 17.2 Å². The van der Waals surface area contributed by atoms with Crippen LogP contribution >= 0.6 is 11.3 Å². The molecule has 0 radical (unpaired) electrons. The highest BCUT2D eigenvalue weighted by atomic mass is 32.1. The quantitative estimate of drug-likeness (QED) is 0.420. The number of hydrogen-bond acceptors (Lipinski definition) is 8. The van der Waals surface area contributed by atoms with E-state index in [4.69, 9.17) is 18.7 Å². The third-order valence-electron chi connectivity index (χ3n) is 4.77. The van der Waals surface area contributed by atoms with Crippen molar-refractivity contribution in [3.05, 3.63) is 59.1 Å². The largest absolute Gasteiger partial charge is 0.497 e. The second kappa shape index (κ2) is 9.11. The average molecular weight is 452 g/mol. The molecule has 0 saturated heterocycles. The molecule has 0 spiro atoms. The third-order valence-corrected chi connectivity index (χ3v) is 5.53. The molecule has 0 bridgehead atoms. The van der Waals surface area contributed by atoms with Crippen molar-refractivity contribution in [3.8, 4) is 39.8 Å². The molecule has 0 aliphatic rings. The summed E-state index contributed by atoms with van der Waals surface area (Å²) in [4.78, 5) is 17.2. The monoisotopic (exact) mass is 451 g/mol. The van der Waals surface area contributed by atoms with Gasteiger partial charge in [-0.3, -0.25) is 10.1 Å². The third kappa shape index (κ3) is 4.28. The van der Waals surface area contributed by atoms with E-state index in [2.05, 4.69) is 15.5 Å². The minimum absolute atomic E-state index is 0.120. The molecule has 0 aliphatic heterocycles. The zero-order chi connectivity index (χ0) is 22.7. The van der Waals surface area contributed by atoms with Crippen molar-refractivity contribution in [3.63, 3.8) is 0 Å². The Bertz CT molecular complexity index is 1260. The molecule has 8 nitrogen and oxygen atoms in total. The predicted octanol–water partition coefficient (Wildman–Crippen LogP) is 5.05. The molecule has 2 aromatic heterocycles. The number of hydrogen-bond donors (Lipinski definition) is 1. The highest BCUT2D eigenvalue weighted by Gasteiger charge is 2.19. The van der Waals surface area contributed by atoms with Gasteiger partial charge in [-0.05, 0) is 37.3 Å². The van der Waals surface area contributed by atoms with Crippen molar-refractivity contribution in [1.82, 2.24) is 10.1 Å². The van der Waals surface area contributed by atoms with E-state index >= 15 is 0 Å². The lowest BCUT2D eigenvalue weighted by atomic mass is 10.1. The number of thiazole rings is 1. The summed E-state index contributed by atoms with van der Waals surface area (Å²) in [5.74, 6) is 1.87. The molecule has 1 amide bonds. The smallest absolute Gasteiger partial charge is 0.279 e. The highest BCUT2D eigenvalue weighted by Crippen LogP contribution is 2.35. The minimum Gasteiger partial charge on any atom is -0.497 e. The molecule has 164 valence electrons. The summed E-state index contributed by atoms with van der Waals surface area (Å²) in [5.41, 5.74) is 3.41. The fourth-order valence-electron chi connectivity index (χ4n) is 3.15. The van der Waals surface area contributed by atoms with E-state index in [0.717, 1.165) is 11.1 Å².